The molecule has 3 nitrogen and oxygen atoms in total. The van der Waals surface area contributed by atoms with Crippen LogP contribution in [0.15, 0.2) is 24.5 Å². The third kappa shape index (κ3) is 2.90. The van der Waals surface area contributed by atoms with E-state index in [2.05, 4.69) is 11.9 Å². The molecule has 1 saturated carbocycles. The molecule has 1 N–H and O–H groups in total. The van der Waals surface area contributed by atoms with Gasteiger partial charge in [-0.2, -0.15) is 0 Å². The highest BCUT2D eigenvalue weighted by Crippen LogP contribution is 2.38. The molecule has 1 aliphatic rings. The van der Waals surface area contributed by atoms with Gasteiger partial charge >= 0.3 is 0 Å². The quantitative estimate of drug-likeness (QED) is 0.891. The van der Waals surface area contributed by atoms with Gasteiger partial charge in [0, 0.05) is 25.9 Å². The van der Waals surface area contributed by atoms with Crippen LogP contribution in [0, 0.1) is 5.92 Å². The summed E-state index contributed by atoms with van der Waals surface area (Å²) in [7, 11) is 1.73. The lowest BCUT2D eigenvalue weighted by atomic mass is 9.74. The molecule has 0 saturated heterocycles. The van der Waals surface area contributed by atoms with Crippen LogP contribution in [0.2, 0.25) is 0 Å². The number of aliphatic hydroxyl groups excluding tert-OH is 1. The second-order valence-electron chi connectivity index (χ2n) is 5.55. The summed E-state index contributed by atoms with van der Waals surface area (Å²) in [5.74, 6) is 0.627. The third-order valence-electron chi connectivity index (χ3n) is 4.16. The molecule has 3 heteroatoms. The highest BCUT2D eigenvalue weighted by atomic mass is 16.5. The van der Waals surface area contributed by atoms with Crippen LogP contribution in [-0.2, 0) is 11.2 Å². The summed E-state index contributed by atoms with van der Waals surface area (Å²) >= 11 is 0. The lowest BCUT2D eigenvalue weighted by Gasteiger charge is -2.42. The molecule has 0 radical (unpaired) electrons. The first kappa shape index (κ1) is 13.5. The van der Waals surface area contributed by atoms with Crippen molar-refractivity contribution in [1.29, 1.82) is 0 Å². The minimum absolute atomic E-state index is 0.368. The fraction of sp³-hybridized carbons (Fsp3) is 0.667. The van der Waals surface area contributed by atoms with Crippen LogP contribution in [0.5, 0.6) is 0 Å². The molecule has 0 aromatic carbocycles. The molecule has 1 aromatic rings. The summed E-state index contributed by atoms with van der Waals surface area (Å²) in [6.45, 7) is 2.24. The van der Waals surface area contributed by atoms with E-state index < -0.39 is 6.10 Å². The van der Waals surface area contributed by atoms with Gasteiger partial charge in [-0.25, -0.2) is 0 Å². The molecule has 100 valence electrons. The van der Waals surface area contributed by atoms with Gasteiger partial charge in [0.05, 0.1) is 11.7 Å². The average molecular weight is 249 g/mol. The van der Waals surface area contributed by atoms with Crippen molar-refractivity contribution in [3.8, 4) is 0 Å². The summed E-state index contributed by atoms with van der Waals surface area (Å²) in [5.41, 5.74) is 0.702. The van der Waals surface area contributed by atoms with Crippen molar-refractivity contribution in [2.24, 2.45) is 5.92 Å². The van der Waals surface area contributed by atoms with Crippen molar-refractivity contribution in [2.45, 2.75) is 50.7 Å². The van der Waals surface area contributed by atoms with E-state index in [9.17, 15) is 5.11 Å². The van der Waals surface area contributed by atoms with E-state index in [1.807, 2.05) is 18.3 Å². The number of pyridine rings is 1. The average Bonchev–Trinajstić information content (AvgIpc) is 2.39. The van der Waals surface area contributed by atoms with Crippen LogP contribution in [0.25, 0.3) is 0 Å². The van der Waals surface area contributed by atoms with Crippen molar-refractivity contribution in [3.63, 3.8) is 0 Å². The van der Waals surface area contributed by atoms with Gasteiger partial charge in [0.2, 0.25) is 0 Å². The number of rotatable bonds is 4. The van der Waals surface area contributed by atoms with Crippen molar-refractivity contribution in [1.82, 2.24) is 4.98 Å². The first-order valence-electron chi connectivity index (χ1n) is 6.78. The molecule has 3 atom stereocenters. The molecule has 0 spiro atoms. The van der Waals surface area contributed by atoms with E-state index in [0.717, 1.165) is 24.8 Å². The van der Waals surface area contributed by atoms with E-state index in [4.69, 9.17) is 4.74 Å². The van der Waals surface area contributed by atoms with Gasteiger partial charge in [-0.15, -0.1) is 0 Å². The first-order chi connectivity index (χ1) is 8.66. The van der Waals surface area contributed by atoms with Crippen LogP contribution in [0.4, 0.5) is 0 Å². The number of hydrogen-bond donors (Lipinski definition) is 1. The Morgan fingerprint density at radius 3 is 3.06 bits per heavy atom. The Morgan fingerprint density at radius 1 is 1.61 bits per heavy atom. The molecule has 1 aromatic heterocycles. The smallest absolute Gasteiger partial charge is 0.0942 e. The van der Waals surface area contributed by atoms with Crippen molar-refractivity contribution < 1.29 is 9.84 Å². The first-order valence-corrected chi connectivity index (χ1v) is 6.78. The Balaban J connectivity index is 2.07. The molecule has 2 rings (SSSR count). The fourth-order valence-electron chi connectivity index (χ4n) is 3.10. The Hall–Kier alpha value is -0.930. The van der Waals surface area contributed by atoms with Gasteiger partial charge in [-0.1, -0.05) is 25.8 Å². The predicted molar refractivity (Wildman–Crippen MR) is 71.3 cm³/mol. The maximum absolute atomic E-state index is 10.5. The minimum atomic E-state index is -0.450. The molecule has 0 bridgehead atoms. The zero-order valence-electron chi connectivity index (χ0n) is 11.3. The highest BCUT2D eigenvalue weighted by molar-refractivity contribution is 5.11. The van der Waals surface area contributed by atoms with Crippen LogP contribution < -0.4 is 0 Å². The van der Waals surface area contributed by atoms with Gasteiger partial charge in [-0.3, -0.25) is 4.98 Å². The second-order valence-corrected chi connectivity index (χ2v) is 5.55. The molecule has 0 aliphatic heterocycles. The number of aliphatic hydroxyl groups is 1. The number of hydrogen-bond acceptors (Lipinski definition) is 3. The summed E-state index contributed by atoms with van der Waals surface area (Å²) in [5, 5.41) is 10.5. The lowest BCUT2D eigenvalue weighted by molar-refractivity contribution is -0.131. The number of ether oxygens (including phenoxy) is 1. The van der Waals surface area contributed by atoms with Gasteiger partial charge in [0.25, 0.3) is 0 Å². The molecular formula is C15H23NO2. The molecule has 0 amide bonds. The number of nitrogens with zero attached hydrogens (tertiary/aromatic N) is 1. The van der Waals surface area contributed by atoms with E-state index in [1.54, 1.807) is 13.3 Å². The molecular weight excluding hydrogens is 226 g/mol. The summed E-state index contributed by atoms with van der Waals surface area (Å²) < 4.78 is 5.71. The van der Waals surface area contributed by atoms with E-state index in [-0.39, 0.29) is 5.60 Å². The van der Waals surface area contributed by atoms with Crippen molar-refractivity contribution in [3.05, 3.63) is 30.1 Å². The fourth-order valence-corrected chi connectivity index (χ4v) is 3.10. The Kier molecular flexibility index (Phi) is 4.36. The Labute approximate surface area is 109 Å². The van der Waals surface area contributed by atoms with Crippen LogP contribution in [0.3, 0.4) is 0 Å². The van der Waals surface area contributed by atoms with Crippen LogP contribution in [0.1, 0.15) is 38.2 Å². The number of methoxy groups -OCH3 is 1. The van der Waals surface area contributed by atoms with Crippen LogP contribution >= 0.6 is 0 Å². The van der Waals surface area contributed by atoms with Gasteiger partial charge in [0.15, 0.2) is 0 Å². The normalized spacial score (nSPS) is 30.1. The largest absolute Gasteiger partial charge is 0.390 e. The predicted octanol–water partition coefficient (Wildman–Crippen LogP) is 2.58. The van der Waals surface area contributed by atoms with E-state index in [1.165, 1.54) is 6.42 Å². The molecule has 18 heavy (non-hydrogen) atoms. The zero-order chi connectivity index (χ0) is 13.0. The number of aromatic nitrogens is 1. The summed E-state index contributed by atoms with van der Waals surface area (Å²) in [6, 6.07) is 3.91. The molecule has 1 aliphatic carbocycles. The molecule has 1 heterocycles. The van der Waals surface area contributed by atoms with Crippen LogP contribution in [-0.4, -0.2) is 28.9 Å². The Morgan fingerprint density at radius 2 is 2.44 bits per heavy atom. The van der Waals surface area contributed by atoms with Crippen molar-refractivity contribution >= 4 is 0 Å². The maximum atomic E-state index is 10.5. The molecule has 3 unspecified atom stereocenters. The minimum Gasteiger partial charge on any atom is -0.390 e. The summed E-state index contributed by atoms with van der Waals surface area (Å²) in [6.07, 6.45) is 8.02. The maximum Gasteiger partial charge on any atom is 0.0942 e. The second kappa shape index (κ2) is 5.81. The van der Waals surface area contributed by atoms with Gasteiger partial charge < -0.3 is 9.84 Å². The third-order valence-corrected chi connectivity index (χ3v) is 4.16. The Bertz CT molecular complexity index is 368. The lowest BCUT2D eigenvalue weighted by Crippen LogP contribution is -2.48. The zero-order valence-corrected chi connectivity index (χ0v) is 11.3. The monoisotopic (exact) mass is 249 g/mol. The van der Waals surface area contributed by atoms with E-state index >= 15 is 0 Å². The van der Waals surface area contributed by atoms with Gasteiger partial charge in [0.1, 0.15) is 0 Å². The van der Waals surface area contributed by atoms with Gasteiger partial charge in [-0.05, 0) is 30.4 Å². The molecule has 1 fully saturated rings. The standard InChI is InChI=1S/C15H23NO2/c1-12-5-3-7-15(10-12,18-2)14(17)9-13-6-4-8-16-11-13/h4,6,8,11-12,14,17H,3,5,7,9-10H2,1-2H3. The highest BCUT2D eigenvalue weighted by Gasteiger charge is 2.41. The van der Waals surface area contributed by atoms with Crippen molar-refractivity contribution in [2.75, 3.05) is 7.11 Å². The SMILES string of the molecule is COC1(C(O)Cc2cccnc2)CCCC(C)C1. The topological polar surface area (TPSA) is 42.4 Å². The summed E-state index contributed by atoms with van der Waals surface area (Å²) in [4.78, 5) is 4.09. The van der Waals surface area contributed by atoms with E-state index in [0.29, 0.717) is 12.3 Å².